The first kappa shape index (κ1) is 22.0. The van der Waals surface area contributed by atoms with Gasteiger partial charge in [-0.25, -0.2) is 9.37 Å². The number of imidazole rings is 1. The number of allylic oxidation sites excluding steroid dienone is 2. The Morgan fingerprint density at radius 1 is 1.09 bits per heavy atom. The number of aromatic nitrogens is 2. The number of H-pyrrole nitrogens is 1. The van der Waals surface area contributed by atoms with E-state index in [1.165, 1.54) is 12.1 Å². The predicted molar refractivity (Wildman–Crippen MR) is 135 cm³/mol. The molecular weight excluding hydrogens is 449 g/mol. The fourth-order valence-corrected chi connectivity index (χ4v) is 4.77. The summed E-state index contributed by atoms with van der Waals surface area (Å²) in [6.07, 6.45) is 3.74. The van der Waals surface area contributed by atoms with Crippen LogP contribution in [-0.2, 0) is 15.6 Å². The van der Waals surface area contributed by atoms with E-state index in [4.69, 9.17) is 0 Å². The average Bonchev–Trinajstić information content (AvgIpc) is 3.33. The van der Waals surface area contributed by atoms with Crippen molar-refractivity contribution < 1.29 is 13.4 Å². The van der Waals surface area contributed by atoms with Gasteiger partial charge < -0.3 is 4.98 Å². The number of anilines is 1. The number of aromatic amines is 1. The van der Waals surface area contributed by atoms with Gasteiger partial charge in [0.2, 0.25) is 11.9 Å². The first-order valence-electron chi connectivity index (χ1n) is 10.8. The summed E-state index contributed by atoms with van der Waals surface area (Å²) in [5, 5.41) is 2.82. The highest BCUT2D eigenvalue weighted by molar-refractivity contribution is 7.84. The summed E-state index contributed by atoms with van der Waals surface area (Å²) < 4.78 is 25.8. The second kappa shape index (κ2) is 8.83. The number of nitrogens with one attached hydrogen (secondary N) is 2. The van der Waals surface area contributed by atoms with E-state index in [1.54, 1.807) is 12.3 Å². The lowest BCUT2D eigenvalue weighted by Crippen LogP contribution is -2.13. The molecule has 0 spiro atoms. The van der Waals surface area contributed by atoms with E-state index in [2.05, 4.69) is 15.3 Å². The molecule has 0 fully saturated rings. The Balaban J connectivity index is 1.46. The van der Waals surface area contributed by atoms with Crippen molar-refractivity contribution in [3.63, 3.8) is 0 Å². The lowest BCUT2D eigenvalue weighted by molar-refractivity contribution is -0.115. The van der Waals surface area contributed by atoms with Gasteiger partial charge in [0.25, 0.3) is 0 Å². The zero-order chi connectivity index (χ0) is 23.8. The van der Waals surface area contributed by atoms with Gasteiger partial charge in [-0.2, -0.15) is 0 Å². The summed E-state index contributed by atoms with van der Waals surface area (Å²) in [5.41, 5.74) is 6.78. The van der Waals surface area contributed by atoms with Crippen LogP contribution in [0.15, 0.2) is 77.2 Å². The first-order chi connectivity index (χ1) is 16.4. The number of nitrogens with zero attached hydrogens (tertiary/aromatic N) is 1. The highest BCUT2D eigenvalue weighted by Crippen LogP contribution is 2.44. The summed E-state index contributed by atoms with van der Waals surface area (Å²) in [7, 11) is -1.05. The zero-order valence-electron chi connectivity index (χ0n) is 18.7. The number of hydrogen-bond acceptors (Lipinski definition) is 3. The van der Waals surface area contributed by atoms with Gasteiger partial charge in [-0.15, -0.1) is 0 Å². The van der Waals surface area contributed by atoms with Crippen LogP contribution in [-0.4, -0.2) is 26.3 Å². The van der Waals surface area contributed by atoms with Crippen molar-refractivity contribution >= 4 is 50.9 Å². The summed E-state index contributed by atoms with van der Waals surface area (Å²) in [6.45, 7) is 1.95. The molecular formula is C27H22FN3O2S. The maximum Gasteiger partial charge on any atom is 0.231 e. The first-order valence-corrected chi connectivity index (χ1v) is 12.3. The molecule has 0 saturated carbocycles. The molecule has 0 aliphatic heterocycles. The largest absolute Gasteiger partial charge is 0.324 e. The molecule has 7 heteroatoms. The number of halogens is 1. The monoisotopic (exact) mass is 471 g/mol. The summed E-state index contributed by atoms with van der Waals surface area (Å²) >= 11 is 0. The van der Waals surface area contributed by atoms with Gasteiger partial charge in [-0.05, 0) is 82.8 Å². The molecule has 0 radical (unpaired) electrons. The maximum absolute atomic E-state index is 14.2. The molecule has 1 heterocycles. The van der Waals surface area contributed by atoms with E-state index in [0.29, 0.717) is 5.95 Å². The van der Waals surface area contributed by atoms with Crippen LogP contribution in [0.25, 0.3) is 28.3 Å². The minimum atomic E-state index is -1.05. The number of carbonyl (C=O) groups excluding carboxylic acids is 1. The number of hydrogen-bond donors (Lipinski definition) is 2. The Hall–Kier alpha value is -3.84. The van der Waals surface area contributed by atoms with E-state index in [9.17, 15) is 13.4 Å². The van der Waals surface area contributed by atoms with Gasteiger partial charge >= 0.3 is 0 Å². The number of carbonyl (C=O) groups is 1. The number of amides is 1. The zero-order valence-corrected chi connectivity index (χ0v) is 19.5. The molecule has 5 rings (SSSR count). The Kier molecular flexibility index (Phi) is 5.71. The number of rotatable bonds is 5. The Labute approximate surface area is 198 Å². The van der Waals surface area contributed by atoms with Crippen molar-refractivity contribution in [1.29, 1.82) is 0 Å². The molecule has 34 heavy (non-hydrogen) atoms. The van der Waals surface area contributed by atoms with Crippen molar-refractivity contribution in [3.05, 3.63) is 94.8 Å². The molecule has 1 atom stereocenters. The summed E-state index contributed by atoms with van der Waals surface area (Å²) in [5.74, 6) is -0.205. The van der Waals surface area contributed by atoms with Gasteiger partial charge in [-0.3, -0.25) is 14.3 Å². The van der Waals surface area contributed by atoms with Gasteiger partial charge in [0, 0.05) is 22.0 Å². The summed E-state index contributed by atoms with van der Waals surface area (Å²) in [6, 6.07) is 19.7. The smallest absolute Gasteiger partial charge is 0.231 e. The molecule has 0 bridgehead atoms. The standard InChI is InChI=1S/C27H22FN3O2S/c1-16-21(13-17-7-10-19(11-8-17)34(2)33)20-12-9-18(28)14-23(20)22(16)15-26(32)31-27-29-24-5-3-4-6-25(24)30-27/h3-14H,15H2,1-2H3,(H2,29,30,31,32)/b21-13+/t34-/m1/s1. The van der Waals surface area contributed by atoms with E-state index < -0.39 is 10.8 Å². The van der Waals surface area contributed by atoms with Crippen LogP contribution in [0.4, 0.5) is 10.3 Å². The lowest BCUT2D eigenvalue weighted by Gasteiger charge is -2.06. The fourth-order valence-electron chi connectivity index (χ4n) is 4.25. The molecule has 1 amide bonds. The molecule has 4 aromatic rings. The third-order valence-corrected chi connectivity index (χ3v) is 6.90. The van der Waals surface area contributed by atoms with Crippen LogP contribution in [0.5, 0.6) is 0 Å². The number of fused-ring (bicyclic) bond motifs is 2. The van der Waals surface area contributed by atoms with Crippen LogP contribution in [0.2, 0.25) is 0 Å². The van der Waals surface area contributed by atoms with Crippen molar-refractivity contribution in [2.24, 2.45) is 0 Å². The molecule has 1 aliphatic rings. The van der Waals surface area contributed by atoms with E-state index in [1.807, 2.05) is 61.5 Å². The minimum Gasteiger partial charge on any atom is -0.324 e. The molecule has 0 unspecified atom stereocenters. The van der Waals surface area contributed by atoms with Crippen molar-refractivity contribution in [3.8, 4) is 0 Å². The lowest BCUT2D eigenvalue weighted by atomic mass is 10.0. The quantitative estimate of drug-likeness (QED) is 0.387. The highest BCUT2D eigenvalue weighted by Gasteiger charge is 2.26. The van der Waals surface area contributed by atoms with Crippen molar-refractivity contribution in [1.82, 2.24) is 9.97 Å². The molecule has 0 saturated heterocycles. The predicted octanol–water partition coefficient (Wildman–Crippen LogP) is 5.80. The van der Waals surface area contributed by atoms with Crippen LogP contribution in [0.1, 0.15) is 30.0 Å². The van der Waals surface area contributed by atoms with Crippen LogP contribution >= 0.6 is 0 Å². The molecule has 3 aromatic carbocycles. The van der Waals surface area contributed by atoms with Crippen molar-refractivity contribution in [2.75, 3.05) is 11.6 Å². The molecule has 1 aromatic heterocycles. The van der Waals surface area contributed by atoms with Gasteiger partial charge in [-0.1, -0.05) is 30.3 Å². The van der Waals surface area contributed by atoms with E-state index in [0.717, 1.165) is 49.3 Å². The van der Waals surface area contributed by atoms with Crippen LogP contribution in [0, 0.1) is 5.82 Å². The van der Waals surface area contributed by atoms with Crippen LogP contribution in [0.3, 0.4) is 0 Å². The molecule has 2 N–H and O–H groups in total. The van der Waals surface area contributed by atoms with Gasteiger partial charge in [0.05, 0.1) is 17.5 Å². The van der Waals surface area contributed by atoms with E-state index >= 15 is 0 Å². The van der Waals surface area contributed by atoms with Crippen molar-refractivity contribution in [2.45, 2.75) is 18.2 Å². The van der Waals surface area contributed by atoms with Gasteiger partial charge in [0.1, 0.15) is 5.82 Å². The fraction of sp³-hybridized carbons (Fsp3) is 0.111. The molecule has 1 aliphatic carbocycles. The second-order valence-corrected chi connectivity index (χ2v) is 9.58. The van der Waals surface area contributed by atoms with Gasteiger partial charge in [0.15, 0.2) is 0 Å². The highest BCUT2D eigenvalue weighted by atomic mass is 32.2. The third kappa shape index (κ3) is 4.22. The molecule has 170 valence electrons. The Morgan fingerprint density at radius 3 is 2.59 bits per heavy atom. The average molecular weight is 472 g/mol. The second-order valence-electron chi connectivity index (χ2n) is 8.20. The Bertz CT molecular complexity index is 1480. The Morgan fingerprint density at radius 2 is 1.85 bits per heavy atom. The normalized spacial score (nSPS) is 15.1. The number of para-hydroxylation sites is 2. The van der Waals surface area contributed by atoms with Crippen LogP contribution < -0.4 is 5.32 Å². The molecule has 5 nitrogen and oxygen atoms in total. The number of benzene rings is 3. The SMILES string of the molecule is CC1=C(CC(=O)Nc2nc3ccccc3[nH]2)c2cc(F)ccc2/C1=C/c1ccc([S@@](C)=O)cc1. The third-order valence-electron chi connectivity index (χ3n) is 5.96. The minimum absolute atomic E-state index is 0.0877. The maximum atomic E-state index is 14.2. The van der Waals surface area contributed by atoms with E-state index in [-0.39, 0.29) is 18.1 Å². The topological polar surface area (TPSA) is 74.8 Å². The summed E-state index contributed by atoms with van der Waals surface area (Å²) in [4.78, 5) is 21.2.